The Kier molecular flexibility index (Phi) is 2.58. The lowest BCUT2D eigenvalue weighted by atomic mass is 9.59. The van der Waals surface area contributed by atoms with Gasteiger partial charge in [-0.05, 0) is 31.7 Å². The van der Waals surface area contributed by atoms with E-state index in [1.54, 1.807) is 0 Å². The van der Waals surface area contributed by atoms with Gasteiger partial charge < -0.3 is 5.32 Å². The Morgan fingerprint density at radius 1 is 1.45 bits per heavy atom. The molecular formula is C10H21N. The second-order valence-electron chi connectivity index (χ2n) is 4.13. The summed E-state index contributed by atoms with van der Waals surface area (Å²) in [5.41, 5.74) is 0.494. The first-order valence-electron chi connectivity index (χ1n) is 4.85. The van der Waals surface area contributed by atoms with Gasteiger partial charge in [-0.2, -0.15) is 0 Å². The van der Waals surface area contributed by atoms with Gasteiger partial charge in [-0.25, -0.2) is 0 Å². The highest BCUT2D eigenvalue weighted by Crippen LogP contribution is 2.45. The fraction of sp³-hybridized carbons (Fsp3) is 1.00. The quantitative estimate of drug-likeness (QED) is 0.660. The third-order valence-electron chi connectivity index (χ3n) is 3.61. The van der Waals surface area contributed by atoms with Crippen LogP contribution in [-0.2, 0) is 0 Å². The predicted molar refractivity (Wildman–Crippen MR) is 49.6 cm³/mol. The molecule has 1 nitrogen and oxygen atoms in total. The summed E-state index contributed by atoms with van der Waals surface area (Å²) in [6, 6.07) is 0. The Morgan fingerprint density at radius 3 is 2.36 bits per heavy atom. The van der Waals surface area contributed by atoms with Gasteiger partial charge in [0.2, 0.25) is 0 Å². The van der Waals surface area contributed by atoms with Crippen molar-refractivity contribution in [1.29, 1.82) is 0 Å². The average Bonchev–Trinajstić information content (AvgIpc) is 2.03. The molecule has 0 aliphatic heterocycles. The fourth-order valence-electron chi connectivity index (χ4n) is 2.55. The van der Waals surface area contributed by atoms with Gasteiger partial charge in [0, 0.05) is 5.54 Å². The molecule has 1 aliphatic rings. The molecule has 66 valence electrons. The van der Waals surface area contributed by atoms with E-state index >= 15 is 0 Å². The molecule has 0 amide bonds. The molecule has 1 aliphatic carbocycles. The molecule has 0 radical (unpaired) electrons. The van der Waals surface area contributed by atoms with Crippen molar-refractivity contribution >= 4 is 0 Å². The van der Waals surface area contributed by atoms with Gasteiger partial charge in [0.05, 0.1) is 0 Å². The second kappa shape index (κ2) is 3.14. The van der Waals surface area contributed by atoms with E-state index in [9.17, 15) is 0 Å². The molecule has 3 atom stereocenters. The molecule has 1 rings (SSSR count). The summed E-state index contributed by atoms with van der Waals surface area (Å²) < 4.78 is 0. The average molecular weight is 155 g/mol. The highest BCUT2D eigenvalue weighted by atomic mass is 15.0. The summed E-state index contributed by atoms with van der Waals surface area (Å²) in [6.45, 7) is 7.00. The molecule has 1 heteroatoms. The summed E-state index contributed by atoms with van der Waals surface area (Å²) in [6.07, 6.45) is 4.02. The van der Waals surface area contributed by atoms with Crippen LogP contribution in [0.25, 0.3) is 0 Å². The molecule has 1 saturated carbocycles. The van der Waals surface area contributed by atoms with Crippen LogP contribution in [0.15, 0.2) is 0 Å². The maximum atomic E-state index is 3.50. The van der Waals surface area contributed by atoms with Crippen molar-refractivity contribution in [2.45, 2.75) is 45.6 Å². The van der Waals surface area contributed by atoms with Crippen LogP contribution in [0.3, 0.4) is 0 Å². The van der Waals surface area contributed by atoms with Gasteiger partial charge in [0.1, 0.15) is 0 Å². The first-order valence-corrected chi connectivity index (χ1v) is 4.85. The van der Waals surface area contributed by atoms with Gasteiger partial charge in [-0.15, -0.1) is 0 Å². The molecule has 3 unspecified atom stereocenters. The molecule has 0 saturated heterocycles. The Bertz CT molecular complexity index is 129. The van der Waals surface area contributed by atoms with Crippen molar-refractivity contribution in [3.8, 4) is 0 Å². The van der Waals surface area contributed by atoms with E-state index in [0.29, 0.717) is 5.54 Å². The zero-order chi connectivity index (χ0) is 8.48. The standard InChI is InChI=1S/C10H21N/c1-5-6-10(11-4)7-8(2)9(10)3/h8-9,11H,5-7H2,1-4H3. The minimum absolute atomic E-state index is 0.494. The lowest BCUT2D eigenvalue weighted by molar-refractivity contribution is 0.0271. The topological polar surface area (TPSA) is 12.0 Å². The van der Waals surface area contributed by atoms with Crippen molar-refractivity contribution in [3.05, 3.63) is 0 Å². The summed E-state index contributed by atoms with van der Waals surface area (Å²) in [7, 11) is 2.11. The van der Waals surface area contributed by atoms with Crippen molar-refractivity contribution in [1.82, 2.24) is 5.32 Å². The molecule has 1 fully saturated rings. The number of hydrogen-bond donors (Lipinski definition) is 1. The van der Waals surface area contributed by atoms with Crippen molar-refractivity contribution in [2.75, 3.05) is 7.05 Å². The first kappa shape index (κ1) is 9.05. The molecule has 0 heterocycles. The van der Waals surface area contributed by atoms with Crippen LogP contribution in [0.2, 0.25) is 0 Å². The van der Waals surface area contributed by atoms with E-state index in [0.717, 1.165) is 11.8 Å². The van der Waals surface area contributed by atoms with Crippen LogP contribution in [0.4, 0.5) is 0 Å². The van der Waals surface area contributed by atoms with Gasteiger partial charge in [0.15, 0.2) is 0 Å². The predicted octanol–water partition coefficient (Wildman–Crippen LogP) is 2.42. The lowest BCUT2D eigenvalue weighted by Gasteiger charge is -2.53. The maximum Gasteiger partial charge on any atom is 0.0209 e. The Balaban J connectivity index is 2.50. The zero-order valence-electron chi connectivity index (χ0n) is 8.28. The van der Waals surface area contributed by atoms with Crippen LogP contribution in [0.5, 0.6) is 0 Å². The van der Waals surface area contributed by atoms with E-state index < -0.39 is 0 Å². The smallest absolute Gasteiger partial charge is 0.0209 e. The highest BCUT2D eigenvalue weighted by Gasteiger charge is 2.46. The lowest BCUT2D eigenvalue weighted by Crippen LogP contribution is -2.59. The SMILES string of the molecule is CCCC1(NC)CC(C)C1C. The summed E-state index contributed by atoms with van der Waals surface area (Å²) in [4.78, 5) is 0. The zero-order valence-corrected chi connectivity index (χ0v) is 8.28. The van der Waals surface area contributed by atoms with Gasteiger partial charge >= 0.3 is 0 Å². The molecular weight excluding hydrogens is 134 g/mol. The largest absolute Gasteiger partial charge is 0.314 e. The Hall–Kier alpha value is -0.0400. The Morgan fingerprint density at radius 2 is 2.09 bits per heavy atom. The van der Waals surface area contributed by atoms with Crippen molar-refractivity contribution in [2.24, 2.45) is 11.8 Å². The minimum Gasteiger partial charge on any atom is -0.314 e. The molecule has 0 bridgehead atoms. The summed E-state index contributed by atoms with van der Waals surface area (Å²) in [5.74, 6) is 1.79. The van der Waals surface area contributed by atoms with E-state index in [4.69, 9.17) is 0 Å². The number of hydrogen-bond acceptors (Lipinski definition) is 1. The first-order chi connectivity index (χ1) is 5.16. The second-order valence-corrected chi connectivity index (χ2v) is 4.13. The third kappa shape index (κ3) is 1.31. The van der Waals surface area contributed by atoms with Gasteiger partial charge in [-0.1, -0.05) is 27.2 Å². The third-order valence-corrected chi connectivity index (χ3v) is 3.61. The van der Waals surface area contributed by atoms with Gasteiger partial charge in [0.25, 0.3) is 0 Å². The van der Waals surface area contributed by atoms with E-state index in [2.05, 4.69) is 33.1 Å². The molecule has 11 heavy (non-hydrogen) atoms. The van der Waals surface area contributed by atoms with Crippen LogP contribution in [0, 0.1) is 11.8 Å². The summed E-state index contributed by atoms with van der Waals surface area (Å²) in [5, 5.41) is 3.50. The van der Waals surface area contributed by atoms with Crippen LogP contribution in [-0.4, -0.2) is 12.6 Å². The number of nitrogens with one attached hydrogen (secondary N) is 1. The monoisotopic (exact) mass is 155 g/mol. The van der Waals surface area contributed by atoms with Crippen molar-refractivity contribution in [3.63, 3.8) is 0 Å². The van der Waals surface area contributed by atoms with E-state index in [-0.39, 0.29) is 0 Å². The molecule has 1 N–H and O–H groups in total. The normalized spacial score (nSPS) is 43.6. The maximum absolute atomic E-state index is 3.50. The molecule has 0 aromatic heterocycles. The number of rotatable bonds is 3. The van der Waals surface area contributed by atoms with E-state index in [1.165, 1.54) is 19.3 Å². The molecule has 0 spiro atoms. The van der Waals surface area contributed by atoms with Crippen LogP contribution in [0.1, 0.15) is 40.0 Å². The van der Waals surface area contributed by atoms with Crippen LogP contribution < -0.4 is 5.32 Å². The van der Waals surface area contributed by atoms with Crippen LogP contribution >= 0.6 is 0 Å². The molecule has 0 aromatic carbocycles. The fourth-order valence-corrected chi connectivity index (χ4v) is 2.55. The summed E-state index contributed by atoms with van der Waals surface area (Å²) >= 11 is 0. The van der Waals surface area contributed by atoms with Crippen molar-refractivity contribution < 1.29 is 0 Å². The minimum atomic E-state index is 0.494. The Labute approximate surface area is 70.6 Å². The van der Waals surface area contributed by atoms with E-state index in [1.807, 2.05) is 0 Å². The van der Waals surface area contributed by atoms with Gasteiger partial charge in [-0.3, -0.25) is 0 Å². The highest BCUT2D eigenvalue weighted by molar-refractivity contribution is 5.03. The molecule has 0 aromatic rings.